The van der Waals surface area contributed by atoms with Gasteiger partial charge in [0.05, 0.1) is 0 Å². The van der Waals surface area contributed by atoms with Gasteiger partial charge in [0.2, 0.25) is 0 Å². The van der Waals surface area contributed by atoms with Crippen molar-refractivity contribution in [2.45, 2.75) is 0 Å². The van der Waals surface area contributed by atoms with Crippen LogP contribution >= 0.6 is 17.0 Å². The van der Waals surface area contributed by atoms with Crippen LogP contribution < -0.4 is 6.15 Å². The van der Waals surface area contributed by atoms with Gasteiger partial charge in [-0.2, -0.15) is 8.42 Å². The molecule has 0 aliphatic carbocycles. The topological polar surface area (TPSA) is 110 Å². The number of hydrogen-bond acceptors (Lipinski definition) is 3. The molecule has 0 saturated heterocycles. The number of rotatable bonds is 0. The van der Waals surface area contributed by atoms with E-state index in [9.17, 15) is 0 Å². The summed E-state index contributed by atoms with van der Waals surface area (Å²) in [6, 6.07) is 0. The Labute approximate surface area is 70.0 Å². The zero-order valence-corrected chi connectivity index (χ0v) is 5.76. The third-order valence-electron chi connectivity index (χ3n) is 0. The molecule has 0 spiro atoms. The van der Waals surface area contributed by atoms with Gasteiger partial charge in [0.15, 0.2) is 0 Å². The summed E-state index contributed by atoms with van der Waals surface area (Å²) in [5.41, 5.74) is 0. The first kappa shape index (κ1) is 23.1. The predicted octanol–water partition coefficient (Wildman–Crippen LogP) is -0.561. The van der Waals surface area contributed by atoms with E-state index in [0.29, 0.717) is 0 Å². The van der Waals surface area contributed by atoms with E-state index in [1.165, 1.54) is 0 Å². The SMILES string of the molecule is Br.N.O=S(=O)(O)O.[LiH]. The van der Waals surface area contributed by atoms with Crippen molar-refractivity contribution >= 4 is 46.2 Å². The Bertz CT molecular complexity index is 99.2. The molecular formula is H7BrLiNO4S. The molecule has 0 heterocycles. The Morgan fingerprint density at radius 2 is 1.12 bits per heavy atom. The fourth-order valence-corrected chi connectivity index (χ4v) is 0. The zero-order valence-electron chi connectivity index (χ0n) is 3.23. The molecule has 8 heavy (non-hydrogen) atoms. The molecule has 0 saturated carbocycles. The summed E-state index contributed by atoms with van der Waals surface area (Å²) >= 11 is 0. The predicted molar refractivity (Wildman–Crippen MR) is 36.7 cm³/mol. The molecule has 0 amide bonds. The van der Waals surface area contributed by atoms with Crippen molar-refractivity contribution in [3.8, 4) is 0 Å². The van der Waals surface area contributed by atoms with E-state index in [4.69, 9.17) is 17.5 Å². The van der Waals surface area contributed by atoms with Crippen LogP contribution in [0, 0.1) is 0 Å². The van der Waals surface area contributed by atoms with E-state index in [1.54, 1.807) is 0 Å². The average Bonchev–Trinajstić information content (AvgIpc) is 0.722. The fraction of sp³-hybridized carbons (Fsp3) is 0. The minimum atomic E-state index is -4.67. The Kier molecular flexibility index (Phi) is 22.9. The standard InChI is InChI=1S/BrH.Li.H3N.H2O4S.H/c;;;1-5(2,3)4;/h1H;;1H3;(H2,1,2,3,4);. The number of halogens is 1. The molecule has 0 aromatic rings. The Hall–Kier alpha value is 0.907. The Morgan fingerprint density at radius 1 is 1.12 bits per heavy atom. The fourth-order valence-electron chi connectivity index (χ4n) is 0. The third-order valence-corrected chi connectivity index (χ3v) is 0. The molecule has 0 fully saturated rings. The van der Waals surface area contributed by atoms with Crippen LogP contribution in [0.1, 0.15) is 0 Å². The monoisotopic (exact) mass is 203 g/mol. The summed E-state index contributed by atoms with van der Waals surface area (Å²) in [6.07, 6.45) is 0. The van der Waals surface area contributed by atoms with Gasteiger partial charge in [-0.15, -0.1) is 17.0 Å². The van der Waals surface area contributed by atoms with E-state index in [0.717, 1.165) is 0 Å². The molecule has 0 bridgehead atoms. The molecule has 0 unspecified atom stereocenters. The van der Waals surface area contributed by atoms with E-state index < -0.39 is 10.4 Å². The van der Waals surface area contributed by atoms with Crippen LogP contribution in [0.4, 0.5) is 0 Å². The van der Waals surface area contributed by atoms with Gasteiger partial charge in [0, 0.05) is 0 Å². The van der Waals surface area contributed by atoms with Gasteiger partial charge < -0.3 is 6.15 Å². The molecule has 5 nitrogen and oxygen atoms in total. The van der Waals surface area contributed by atoms with Gasteiger partial charge in [-0.05, 0) is 0 Å². The van der Waals surface area contributed by atoms with Gasteiger partial charge in [-0.1, -0.05) is 0 Å². The second-order valence-corrected chi connectivity index (χ2v) is 1.34. The summed E-state index contributed by atoms with van der Waals surface area (Å²) in [4.78, 5) is 0. The second-order valence-electron chi connectivity index (χ2n) is 0.448. The molecule has 0 aliphatic heterocycles. The van der Waals surface area contributed by atoms with Crippen molar-refractivity contribution in [1.82, 2.24) is 6.15 Å². The van der Waals surface area contributed by atoms with Crippen molar-refractivity contribution in [3.63, 3.8) is 0 Å². The van der Waals surface area contributed by atoms with Crippen molar-refractivity contribution in [1.29, 1.82) is 0 Å². The molecule has 5 N–H and O–H groups in total. The molecule has 50 valence electrons. The molecule has 8 heteroatoms. The van der Waals surface area contributed by atoms with Crippen LogP contribution in [-0.2, 0) is 10.4 Å². The maximum atomic E-state index is 8.74. The number of hydrogen-bond donors (Lipinski definition) is 3. The molecule has 0 atom stereocenters. The molecule has 0 aliphatic rings. The third kappa shape index (κ3) is 293. The summed E-state index contributed by atoms with van der Waals surface area (Å²) in [5, 5.41) is 0. The first-order valence-electron chi connectivity index (χ1n) is 0.698. The minimum absolute atomic E-state index is 0. The quantitative estimate of drug-likeness (QED) is 0.361. The van der Waals surface area contributed by atoms with Crippen LogP contribution in [0.5, 0.6) is 0 Å². The molecule has 0 radical (unpaired) electrons. The summed E-state index contributed by atoms with van der Waals surface area (Å²) in [6.45, 7) is 0. The second kappa shape index (κ2) is 7.91. The van der Waals surface area contributed by atoms with Gasteiger partial charge in [-0.3, -0.25) is 9.11 Å². The normalized spacial score (nSPS) is 7.25. The zero-order chi connectivity index (χ0) is 4.50. The van der Waals surface area contributed by atoms with Crippen molar-refractivity contribution in [2.24, 2.45) is 0 Å². The Balaban J connectivity index is -0.0000000267. The average molecular weight is 204 g/mol. The molecule has 0 aromatic carbocycles. The molecular weight excluding hydrogens is 197 g/mol. The van der Waals surface area contributed by atoms with Crippen molar-refractivity contribution in [2.75, 3.05) is 0 Å². The summed E-state index contributed by atoms with van der Waals surface area (Å²) in [7, 11) is -4.67. The van der Waals surface area contributed by atoms with E-state index in [-0.39, 0.29) is 42.0 Å². The van der Waals surface area contributed by atoms with Gasteiger partial charge in [-0.25, -0.2) is 0 Å². The maximum absolute atomic E-state index is 8.74. The van der Waals surface area contributed by atoms with Crippen LogP contribution in [0.2, 0.25) is 0 Å². The first-order valence-corrected chi connectivity index (χ1v) is 2.10. The summed E-state index contributed by atoms with van der Waals surface area (Å²) < 4.78 is 31.6. The first-order chi connectivity index (χ1) is 2.00. The van der Waals surface area contributed by atoms with Gasteiger partial charge >= 0.3 is 29.3 Å². The van der Waals surface area contributed by atoms with Crippen molar-refractivity contribution in [3.05, 3.63) is 0 Å². The molecule has 0 rings (SSSR count). The summed E-state index contributed by atoms with van der Waals surface area (Å²) in [5.74, 6) is 0. The van der Waals surface area contributed by atoms with Gasteiger partial charge in [0.1, 0.15) is 0 Å². The van der Waals surface area contributed by atoms with E-state index in [1.807, 2.05) is 0 Å². The van der Waals surface area contributed by atoms with Gasteiger partial charge in [0.25, 0.3) is 0 Å². The van der Waals surface area contributed by atoms with Crippen LogP contribution in [0.3, 0.4) is 0 Å². The Morgan fingerprint density at radius 3 is 1.12 bits per heavy atom. The van der Waals surface area contributed by atoms with E-state index >= 15 is 0 Å². The van der Waals surface area contributed by atoms with Crippen LogP contribution in [0.25, 0.3) is 0 Å². The molecule has 0 aromatic heterocycles. The van der Waals surface area contributed by atoms with Crippen molar-refractivity contribution < 1.29 is 17.5 Å². The van der Waals surface area contributed by atoms with Crippen LogP contribution in [0.15, 0.2) is 0 Å². The van der Waals surface area contributed by atoms with E-state index in [2.05, 4.69) is 0 Å². The van der Waals surface area contributed by atoms with Crippen LogP contribution in [-0.4, -0.2) is 36.4 Å².